The number of pyridine rings is 1. The van der Waals surface area contributed by atoms with Gasteiger partial charge in [-0.3, -0.25) is 9.59 Å². The van der Waals surface area contributed by atoms with Crippen molar-refractivity contribution in [3.63, 3.8) is 0 Å². The first kappa shape index (κ1) is 23.8. The van der Waals surface area contributed by atoms with Gasteiger partial charge in [0.15, 0.2) is 11.6 Å². The normalized spacial score (nSPS) is 10.8. The predicted octanol–water partition coefficient (Wildman–Crippen LogP) is 4.54. The second-order valence-corrected chi connectivity index (χ2v) is 7.94. The Labute approximate surface area is 202 Å². The fourth-order valence-electron chi connectivity index (χ4n) is 3.86. The summed E-state index contributed by atoms with van der Waals surface area (Å²) in [7, 11) is 1.58. The molecular formula is C27H25FN4O3. The van der Waals surface area contributed by atoms with Gasteiger partial charge < -0.3 is 15.0 Å². The molecule has 4 rings (SSSR count). The topological polar surface area (TPSA) is 100 Å². The van der Waals surface area contributed by atoms with Crippen LogP contribution < -0.4 is 16.0 Å². The Bertz CT molecular complexity index is 1430. The van der Waals surface area contributed by atoms with E-state index in [4.69, 9.17) is 10.5 Å². The van der Waals surface area contributed by atoms with Gasteiger partial charge in [0, 0.05) is 36.4 Å². The maximum absolute atomic E-state index is 13.5. The van der Waals surface area contributed by atoms with Gasteiger partial charge >= 0.3 is 0 Å². The lowest BCUT2D eigenvalue weighted by atomic mass is 10.0. The predicted molar refractivity (Wildman–Crippen MR) is 133 cm³/mol. The Kier molecular flexibility index (Phi) is 7.01. The molecule has 0 bridgehead atoms. The Morgan fingerprint density at radius 3 is 2.40 bits per heavy atom. The molecule has 8 heteroatoms. The highest BCUT2D eigenvalue weighted by Crippen LogP contribution is 2.31. The number of aromatic nitrogens is 3. The number of hydrogen-bond donors (Lipinski definition) is 1. The third kappa shape index (κ3) is 5.11. The van der Waals surface area contributed by atoms with E-state index >= 15 is 0 Å². The minimum atomic E-state index is -0.390. The molecule has 0 fully saturated rings. The van der Waals surface area contributed by atoms with E-state index in [-0.39, 0.29) is 35.1 Å². The molecule has 0 amide bonds. The number of rotatable bonds is 8. The highest BCUT2D eigenvalue weighted by atomic mass is 19.1. The number of carbonyl (C=O) groups is 1. The zero-order valence-electron chi connectivity index (χ0n) is 19.5. The summed E-state index contributed by atoms with van der Waals surface area (Å²) < 4.78 is 20.4. The van der Waals surface area contributed by atoms with Crippen LogP contribution in [0.4, 0.5) is 10.2 Å². The molecule has 0 spiro atoms. The maximum Gasteiger partial charge on any atom is 0.250 e. The van der Waals surface area contributed by atoms with Crippen LogP contribution in [-0.4, -0.2) is 27.4 Å². The van der Waals surface area contributed by atoms with Gasteiger partial charge in [-0.2, -0.15) is 0 Å². The number of carbonyl (C=O) groups excluding carboxylic acids is 1. The lowest BCUT2D eigenvalue weighted by Crippen LogP contribution is -2.18. The number of halogens is 1. The van der Waals surface area contributed by atoms with E-state index < -0.39 is 0 Å². The molecule has 0 aliphatic carbocycles. The number of methoxy groups -OCH3 is 1. The number of aryl methyl sites for hydroxylation is 2. The third-order valence-corrected chi connectivity index (χ3v) is 5.72. The number of benzene rings is 2. The Hall–Kier alpha value is -4.33. The second-order valence-electron chi connectivity index (χ2n) is 7.94. The minimum Gasteiger partial charge on any atom is -0.496 e. The van der Waals surface area contributed by atoms with Gasteiger partial charge in [0.25, 0.3) is 5.56 Å². The van der Waals surface area contributed by atoms with Crippen LogP contribution in [0.3, 0.4) is 0 Å². The summed E-state index contributed by atoms with van der Waals surface area (Å²) in [5.74, 6) is 0.0333. The number of hydrogen-bond acceptors (Lipinski definition) is 6. The quantitative estimate of drug-likeness (QED) is 0.378. The molecule has 178 valence electrons. The van der Waals surface area contributed by atoms with Crippen molar-refractivity contribution in [3.8, 4) is 28.3 Å². The molecule has 2 heterocycles. The highest BCUT2D eigenvalue weighted by Gasteiger charge is 2.21. The Morgan fingerprint density at radius 2 is 1.69 bits per heavy atom. The van der Waals surface area contributed by atoms with E-state index in [0.717, 1.165) is 5.56 Å². The van der Waals surface area contributed by atoms with Gasteiger partial charge in [-0.1, -0.05) is 18.2 Å². The summed E-state index contributed by atoms with van der Waals surface area (Å²) in [5, 5.41) is 0. The van der Waals surface area contributed by atoms with Crippen LogP contribution in [-0.2, 0) is 13.0 Å². The number of ketones is 1. The zero-order chi connectivity index (χ0) is 24.9. The third-order valence-electron chi connectivity index (χ3n) is 5.72. The molecule has 0 saturated heterocycles. The van der Waals surface area contributed by atoms with Gasteiger partial charge in [0.2, 0.25) is 0 Å². The van der Waals surface area contributed by atoms with E-state index in [2.05, 4.69) is 9.97 Å². The summed E-state index contributed by atoms with van der Waals surface area (Å²) in [4.78, 5) is 34.4. The second kappa shape index (κ2) is 10.3. The number of Topliss-reactive ketones (excluding diaryl/α,β-unsaturated/α-hetero) is 1. The molecule has 0 atom stereocenters. The van der Waals surface area contributed by atoms with Gasteiger partial charge in [0.05, 0.1) is 18.5 Å². The van der Waals surface area contributed by atoms with Gasteiger partial charge in [-0.05, 0) is 55.3 Å². The first-order valence-electron chi connectivity index (χ1n) is 11.2. The molecule has 0 saturated carbocycles. The average molecular weight is 473 g/mol. The fraction of sp³-hybridized carbons (Fsp3) is 0.185. The summed E-state index contributed by atoms with van der Waals surface area (Å²) in [6, 6.07) is 16.3. The van der Waals surface area contributed by atoms with Crippen LogP contribution in [0.1, 0.15) is 29.4 Å². The van der Waals surface area contributed by atoms with Crippen molar-refractivity contribution in [1.29, 1.82) is 0 Å². The number of nitrogen functional groups attached to an aromatic ring is 1. The van der Waals surface area contributed by atoms with Gasteiger partial charge in [-0.15, -0.1) is 0 Å². The summed E-state index contributed by atoms with van der Waals surface area (Å²) in [6.07, 6.45) is 2.27. The van der Waals surface area contributed by atoms with Crippen molar-refractivity contribution < 1.29 is 13.9 Å². The van der Waals surface area contributed by atoms with Gasteiger partial charge in [-0.25, -0.2) is 14.4 Å². The van der Waals surface area contributed by atoms with Crippen molar-refractivity contribution in [3.05, 3.63) is 94.3 Å². The van der Waals surface area contributed by atoms with Crippen LogP contribution in [0.25, 0.3) is 22.5 Å². The highest BCUT2D eigenvalue weighted by molar-refractivity contribution is 5.99. The Morgan fingerprint density at radius 1 is 1.00 bits per heavy atom. The van der Waals surface area contributed by atoms with Crippen LogP contribution in [0.5, 0.6) is 5.75 Å². The monoisotopic (exact) mass is 472 g/mol. The molecule has 7 nitrogen and oxygen atoms in total. The molecule has 0 aliphatic heterocycles. The smallest absolute Gasteiger partial charge is 0.250 e. The van der Waals surface area contributed by atoms with Crippen LogP contribution in [0.2, 0.25) is 0 Å². The summed E-state index contributed by atoms with van der Waals surface area (Å²) in [5.41, 5.74) is 8.94. The van der Waals surface area contributed by atoms with Crippen molar-refractivity contribution in [2.75, 3.05) is 12.8 Å². The number of nitrogens with two attached hydrogens (primary N) is 1. The van der Waals surface area contributed by atoms with Crippen molar-refractivity contribution in [1.82, 2.24) is 14.5 Å². The van der Waals surface area contributed by atoms with Gasteiger partial charge in [0.1, 0.15) is 17.3 Å². The SMILES string of the molecule is CCn1cc(-c2nc(C(=O)CCc3ccccc3OC)c(N)nc2-c2ccc(F)cc2)ccc1=O. The maximum atomic E-state index is 13.5. The van der Waals surface area contributed by atoms with Crippen LogP contribution in [0.15, 0.2) is 71.7 Å². The van der Waals surface area contributed by atoms with E-state index in [9.17, 15) is 14.0 Å². The number of anilines is 1. The van der Waals surface area contributed by atoms with E-state index in [1.165, 1.54) is 22.8 Å². The first-order chi connectivity index (χ1) is 16.9. The lowest BCUT2D eigenvalue weighted by molar-refractivity contribution is 0.0978. The van der Waals surface area contributed by atoms with Crippen LogP contribution >= 0.6 is 0 Å². The Balaban J connectivity index is 1.77. The first-order valence-corrected chi connectivity index (χ1v) is 11.2. The standard InChI is InChI=1S/C27H25FN4O3/c1-3-32-16-19(11-15-23(32)34)25-24(18-8-12-20(28)13-9-18)31-27(29)26(30-25)21(33)14-10-17-6-4-5-7-22(17)35-2/h4-9,11-13,15-16H,3,10,14H2,1-2H3,(H2,29,31). The number of para-hydroxylation sites is 1. The molecular weight excluding hydrogens is 447 g/mol. The molecule has 4 aromatic rings. The number of nitrogens with zero attached hydrogens (tertiary/aromatic N) is 3. The molecule has 0 aliphatic rings. The number of ether oxygens (including phenoxy) is 1. The van der Waals surface area contributed by atoms with Crippen molar-refractivity contribution >= 4 is 11.6 Å². The molecule has 2 aromatic carbocycles. The van der Waals surface area contributed by atoms with Crippen LogP contribution in [0, 0.1) is 5.82 Å². The zero-order valence-corrected chi connectivity index (χ0v) is 19.5. The summed E-state index contributed by atoms with van der Waals surface area (Å²) >= 11 is 0. The molecule has 2 N–H and O–H groups in total. The van der Waals surface area contributed by atoms with E-state index in [0.29, 0.717) is 41.2 Å². The van der Waals surface area contributed by atoms with Crippen molar-refractivity contribution in [2.24, 2.45) is 0 Å². The molecule has 0 radical (unpaired) electrons. The minimum absolute atomic E-state index is 0.0121. The molecule has 2 aromatic heterocycles. The fourth-order valence-corrected chi connectivity index (χ4v) is 3.86. The molecule has 35 heavy (non-hydrogen) atoms. The van der Waals surface area contributed by atoms with E-state index in [1.54, 1.807) is 31.5 Å². The summed E-state index contributed by atoms with van der Waals surface area (Å²) in [6.45, 7) is 2.32. The lowest BCUT2D eigenvalue weighted by Gasteiger charge is -2.14. The molecule has 0 unspecified atom stereocenters. The van der Waals surface area contributed by atoms with Crippen molar-refractivity contribution in [2.45, 2.75) is 26.3 Å². The largest absolute Gasteiger partial charge is 0.496 e. The van der Waals surface area contributed by atoms with E-state index in [1.807, 2.05) is 31.2 Å². The average Bonchev–Trinajstić information content (AvgIpc) is 2.88.